The van der Waals surface area contributed by atoms with Crippen LogP contribution in [0, 0.1) is 17.8 Å². The molecule has 0 saturated heterocycles. The summed E-state index contributed by atoms with van der Waals surface area (Å²) in [6.07, 6.45) is 4.60. The SMILES string of the molecule is CN(C)S(=O)(=O)c1ccccc1CNC(=O)[C@H]1C[C@H]2CC[C@H]1C2. The van der Waals surface area contributed by atoms with Crippen LogP contribution < -0.4 is 5.32 Å². The number of sulfonamides is 1. The lowest BCUT2D eigenvalue weighted by atomic mass is 9.88. The molecular formula is C17H24N2O3S. The Bertz CT molecular complexity index is 700. The molecule has 1 N–H and O–H groups in total. The van der Waals surface area contributed by atoms with Crippen molar-refractivity contribution in [1.29, 1.82) is 0 Å². The summed E-state index contributed by atoms with van der Waals surface area (Å²) in [6, 6.07) is 6.86. The first-order valence-electron chi connectivity index (χ1n) is 8.17. The Balaban J connectivity index is 1.70. The first-order valence-corrected chi connectivity index (χ1v) is 9.61. The smallest absolute Gasteiger partial charge is 0.242 e. The van der Waals surface area contributed by atoms with E-state index in [1.54, 1.807) is 24.3 Å². The van der Waals surface area contributed by atoms with Gasteiger partial charge in [0.1, 0.15) is 0 Å². The molecule has 23 heavy (non-hydrogen) atoms. The minimum Gasteiger partial charge on any atom is -0.352 e. The maximum atomic E-state index is 12.4. The quantitative estimate of drug-likeness (QED) is 0.894. The first-order chi connectivity index (χ1) is 10.9. The van der Waals surface area contributed by atoms with Gasteiger partial charge in [-0.15, -0.1) is 0 Å². The van der Waals surface area contributed by atoms with Crippen molar-refractivity contribution in [2.45, 2.75) is 37.1 Å². The lowest BCUT2D eigenvalue weighted by Gasteiger charge is -2.21. The van der Waals surface area contributed by atoms with Crippen molar-refractivity contribution in [3.05, 3.63) is 29.8 Å². The Labute approximate surface area is 138 Å². The van der Waals surface area contributed by atoms with Gasteiger partial charge in [-0.25, -0.2) is 12.7 Å². The molecule has 1 aromatic rings. The van der Waals surface area contributed by atoms with E-state index in [4.69, 9.17) is 0 Å². The molecule has 2 aliphatic carbocycles. The fraction of sp³-hybridized carbons (Fsp3) is 0.588. The molecule has 0 aliphatic heterocycles. The van der Waals surface area contributed by atoms with E-state index in [1.165, 1.54) is 31.2 Å². The number of hydrogen-bond donors (Lipinski definition) is 1. The number of nitrogens with zero attached hydrogens (tertiary/aromatic N) is 1. The highest BCUT2D eigenvalue weighted by Gasteiger charge is 2.42. The Morgan fingerprint density at radius 3 is 2.57 bits per heavy atom. The van der Waals surface area contributed by atoms with Gasteiger partial charge in [-0.2, -0.15) is 0 Å². The number of carbonyl (C=O) groups excluding carboxylic acids is 1. The highest BCUT2D eigenvalue weighted by atomic mass is 32.2. The summed E-state index contributed by atoms with van der Waals surface area (Å²) in [5.74, 6) is 1.44. The van der Waals surface area contributed by atoms with Crippen LogP contribution >= 0.6 is 0 Å². The second kappa shape index (κ2) is 6.24. The molecule has 6 heteroatoms. The summed E-state index contributed by atoms with van der Waals surface area (Å²) in [7, 11) is -0.473. The lowest BCUT2D eigenvalue weighted by molar-refractivity contribution is -0.126. The number of fused-ring (bicyclic) bond motifs is 2. The monoisotopic (exact) mass is 336 g/mol. The molecule has 5 nitrogen and oxygen atoms in total. The topological polar surface area (TPSA) is 66.5 Å². The minimum atomic E-state index is -3.50. The van der Waals surface area contributed by atoms with Crippen molar-refractivity contribution in [1.82, 2.24) is 9.62 Å². The Kier molecular flexibility index (Phi) is 4.47. The third kappa shape index (κ3) is 3.15. The number of amides is 1. The van der Waals surface area contributed by atoms with Gasteiger partial charge in [0.25, 0.3) is 0 Å². The molecule has 1 aromatic carbocycles. The maximum Gasteiger partial charge on any atom is 0.242 e. The third-order valence-electron chi connectivity index (χ3n) is 5.26. The Hall–Kier alpha value is -1.40. The highest BCUT2D eigenvalue weighted by molar-refractivity contribution is 7.89. The van der Waals surface area contributed by atoms with Crippen LogP contribution in [0.5, 0.6) is 0 Å². The van der Waals surface area contributed by atoms with Crippen molar-refractivity contribution in [3.8, 4) is 0 Å². The summed E-state index contributed by atoms with van der Waals surface area (Å²) in [6.45, 7) is 0.260. The van der Waals surface area contributed by atoms with E-state index in [2.05, 4.69) is 5.32 Å². The Morgan fingerprint density at radius 1 is 1.22 bits per heavy atom. The molecule has 2 fully saturated rings. The molecule has 3 atom stereocenters. The molecule has 2 aliphatic rings. The molecular weight excluding hydrogens is 312 g/mol. The fourth-order valence-corrected chi connectivity index (χ4v) is 5.09. The molecule has 0 spiro atoms. The molecule has 0 radical (unpaired) electrons. The molecule has 0 heterocycles. The normalized spacial score (nSPS) is 26.7. The van der Waals surface area contributed by atoms with Crippen molar-refractivity contribution in [2.75, 3.05) is 14.1 Å². The van der Waals surface area contributed by atoms with Crippen LogP contribution in [0.15, 0.2) is 29.2 Å². The van der Waals surface area contributed by atoms with Gasteiger partial charge in [0, 0.05) is 26.6 Å². The van der Waals surface area contributed by atoms with Crippen molar-refractivity contribution < 1.29 is 13.2 Å². The van der Waals surface area contributed by atoms with E-state index >= 15 is 0 Å². The number of nitrogens with one attached hydrogen (secondary N) is 1. The molecule has 2 saturated carbocycles. The van der Waals surface area contributed by atoms with Gasteiger partial charge in [-0.1, -0.05) is 24.6 Å². The zero-order chi connectivity index (χ0) is 16.6. The summed E-state index contributed by atoms with van der Waals surface area (Å²) < 4.78 is 25.9. The van der Waals surface area contributed by atoms with Gasteiger partial charge in [0.2, 0.25) is 15.9 Å². The van der Waals surface area contributed by atoms with Gasteiger partial charge in [-0.05, 0) is 42.7 Å². The largest absolute Gasteiger partial charge is 0.352 e. The standard InChI is InChI=1S/C17H24N2O3S/c1-19(2)23(21,22)16-6-4-3-5-14(16)11-18-17(20)15-10-12-7-8-13(15)9-12/h3-6,12-13,15H,7-11H2,1-2H3,(H,18,20)/t12-,13-,15-/m0/s1. The average molecular weight is 336 g/mol. The number of carbonyl (C=O) groups is 1. The number of benzene rings is 1. The van der Waals surface area contributed by atoms with Crippen molar-refractivity contribution in [2.24, 2.45) is 17.8 Å². The third-order valence-corrected chi connectivity index (χ3v) is 7.17. The van der Waals surface area contributed by atoms with Crippen LogP contribution in [0.2, 0.25) is 0 Å². The van der Waals surface area contributed by atoms with E-state index in [0.29, 0.717) is 11.5 Å². The molecule has 126 valence electrons. The summed E-state index contributed by atoms with van der Waals surface area (Å²) in [4.78, 5) is 12.7. The number of hydrogen-bond acceptors (Lipinski definition) is 3. The Morgan fingerprint density at radius 2 is 1.96 bits per heavy atom. The molecule has 0 unspecified atom stereocenters. The highest BCUT2D eigenvalue weighted by Crippen LogP contribution is 2.48. The van der Waals surface area contributed by atoms with E-state index < -0.39 is 10.0 Å². The van der Waals surface area contributed by atoms with Crippen LogP contribution in [-0.2, 0) is 21.4 Å². The van der Waals surface area contributed by atoms with E-state index in [1.807, 2.05) is 0 Å². The van der Waals surface area contributed by atoms with E-state index in [9.17, 15) is 13.2 Å². The predicted octanol–water partition coefficient (Wildman–Crippen LogP) is 1.99. The zero-order valence-corrected chi connectivity index (χ0v) is 14.5. The van der Waals surface area contributed by atoms with Crippen molar-refractivity contribution in [3.63, 3.8) is 0 Å². The molecule has 2 bridgehead atoms. The van der Waals surface area contributed by atoms with Crippen LogP contribution in [-0.4, -0.2) is 32.7 Å². The molecule has 3 rings (SSSR count). The van der Waals surface area contributed by atoms with Gasteiger partial charge >= 0.3 is 0 Å². The average Bonchev–Trinajstić information content (AvgIpc) is 3.15. The van der Waals surface area contributed by atoms with Crippen LogP contribution in [0.1, 0.15) is 31.2 Å². The van der Waals surface area contributed by atoms with E-state index in [0.717, 1.165) is 18.8 Å². The number of rotatable bonds is 5. The van der Waals surface area contributed by atoms with Crippen molar-refractivity contribution >= 4 is 15.9 Å². The van der Waals surface area contributed by atoms with Gasteiger partial charge in [-0.3, -0.25) is 4.79 Å². The summed E-state index contributed by atoms with van der Waals surface area (Å²) in [5, 5.41) is 2.96. The van der Waals surface area contributed by atoms with E-state index in [-0.39, 0.29) is 23.3 Å². The molecule has 0 aromatic heterocycles. The second-order valence-corrected chi connectivity index (χ2v) is 9.01. The first kappa shape index (κ1) is 16.5. The van der Waals surface area contributed by atoms with Gasteiger partial charge in [0.05, 0.1) is 4.90 Å². The lowest BCUT2D eigenvalue weighted by Crippen LogP contribution is -2.34. The minimum absolute atomic E-state index is 0.0780. The summed E-state index contributed by atoms with van der Waals surface area (Å²) >= 11 is 0. The van der Waals surface area contributed by atoms with Crippen LogP contribution in [0.4, 0.5) is 0 Å². The van der Waals surface area contributed by atoms with Crippen LogP contribution in [0.25, 0.3) is 0 Å². The second-order valence-electron chi connectivity index (χ2n) is 6.89. The maximum absolute atomic E-state index is 12.4. The van der Waals surface area contributed by atoms with Crippen LogP contribution in [0.3, 0.4) is 0 Å². The zero-order valence-electron chi connectivity index (χ0n) is 13.7. The van der Waals surface area contributed by atoms with Gasteiger partial charge < -0.3 is 5.32 Å². The predicted molar refractivity (Wildman–Crippen MR) is 88.1 cm³/mol. The van der Waals surface area contributed by atoms with Gasteiger partial charge in [0.15, 0.2) is 0 Å². The fourth-order valence-electron chi connectivity index (χ4n) is 3.98. The summed E-state index contributed by atoms with van der Waals surface area (Å²) in [5.41, 5.74) is 0.637. The molecule has 1 amide bonds.